The molecule has 4 rings (SSSR count). The Kier molecular flexibility index (Phi) is 5.96. The predicted molar refractivity (Wildman–Crippen MR) is 120 cm³/mol. The first-order chi connectivity index (χ1) is 15.7. The van der Waals surface area contributed by atoms with Crippen LogP contribution in [0.3, 0.4) is 0 Å². The van der Waals surface area contributed by atoms with Crippen molar-refractivity contribution in [1.29, 1.82) is 0 Å². The molecule has 6 nitrogen and oxygen atoms in total. The maximum Gasteiger partial charge on any atom is 0.303 e. The van der Waals surface area contributed by atoms with Gasteiger partial charge in [0.2, 0.25) is 5.78 Å². The lowest BCUT2D eigenvalue weighted by Crippen LogP contribution is -2.73. The number of aliphatic hydroxyl groups excluding tert-OH is 1. The summed E-state index contributed by atoms with van der Waals surface area (Å²) in [7, 11) is 0. The predicted octanol–water partition coefficient (Wildman–Crippen LogP) is 3.12. The zero-order valence-corrected chi connectivity index (χ0v) is 20.4. The van der Waals surface area contributed by atoms with Gasteiger partial charge in [-0.1, -0.05) is 24.6 Å². The molecule has 4 aliphatic carbocycles. The maximum atomic E-state index is 17.2. The Balaban J connectivity index is 1.87. The molecule has 0 aromatic rings. The fraction of sp³-hybridized carbons (Fsp3) is 0.625. The van der Waals surface area contributed by atoms with E-state index in [2.05, 4.69) is 0 Å². The number of carbonyl (C=O) groups is 3. The number of rotatable bonds is 3. The van der Waals surface area contributed by atoms with Crippen molar-refractivity contribution in [2.24, 2.45) is 22.7 Å². The van der Waals surface area contributed by atoms with Crippen LogP contribution in [-0.2, 0) is 19.1 Å². The van der Waals surface area contributed by atoms with Gasteiger partial charge in [0.25, 0.3) is 0 Å². The smallest absolute Gasteiger partial charge is 0.303 e. The highest BCUT2D eigenvalue weighted by molar-refractivity contribution is 6.26. The zero-order valence-electron chi connectivity index (χ0n) is 18.9. The summed E-state index contributed by atoms with van der Waals surface area (Å²) in [4.78, 5) is 36.4. The number of halogens is 4. The molecule has 4 aliphatic rings. The normalized spacial score (nSPS) is 48.6. The Morgan fingerprint density at radius 3 is 2.59 bits per heavy atom. The molecule has 186 valence electrons. The largest absolute Gasteiger partial charge is 0.458 e. The number of ether oxygens (including phenoxy) is 1. The van der Waals surface area contributed by atoms with Crippen molar-refractivity contribution in [2.75, 3.05) is 6.61 Å². The van der Waals surface area contributed by atoms with Gasteiger partial charge in [-0.25, -0.2) is 8.78 Å². The first-order valence-corrected chi connectivity index (χ1v) is 11.9. The summed E-state index contributed by atoms with van der Waals surface area (Å²) in [6.07, 6.45) is -0.716. The quantitative estimate of drug-likeness (QED) is 0.439. The summed E-state index contributed by atoms with van der Waals surface area (Å²) in [6.45, 7) is 3.27. The molecule has 9 atom stereocenters. The summed E-state index contributed by atoms with van der Waals surface area (Å²) >= 11 is 12.5. The van der Waals surface area contributed by atoms with E-state index in [0.29, 0.717) is 0 Å². The van der Waals surface area contributed by atoms with E-state index >= 15 is 8.78 Å². The summed E-state index contributed by atoms with van der Waals surface area (Å²) in [5.41, 5.74) is -7.05. The number of esters is 1. The van der Waals surface area contributed by atoms with Crippen LogP contribution in [0.4, 0.5) is 8.78 Å². The van der Waals surface area contributed by atoms with Crippen molar-refractivity contribution in [3.8, 4) is 0 Å². The molecule has 10 heteroatoms. The highest BCUT2D eigenvalue weighted by atomic mass is 35.5. The minimum atomic E-state index is -2.50. The summed E-state index contributed by atoms with van der Waals surface area (Å²) in [5, 5.41) is 21.5. The van der Waals surface area contributed by atoms with Gasteiger partial charge in [0.05, 0.1) is 11.5 Å². The van der Waals surface area contributed by atoms with Crippen molar-refractivity contribution >= 4 is 40.7 Å². The molecule has 3 fully saturated rings. The van der Waals surface area contributed by atoms with Gasteiger partial charge in [-0.3, -0.25) is 14.4 Å². The van der Waals surface area contributed by atoms with Crippen molar-refractivity contribution in [3.63, 3.8) is 0 Å². The highest BCUT2D eigenvalue weighted by Crippen LogP contribution is 2.71. The molecule has 0 aliphatic heterocycles. The van der Waals surface area contributed by atoms with Crippen LogP contribution in [0.15, 0.2) is 34.9 Å². The van der Waals surface area contributed by atoms with Crippen LogP contribution in [0.25, 0.3) is 0 Å². The van der Waals surface area contributed by atoms with Gasteiger partial charge in [0, 0.05) is 29.2 Å². The van der Waals surface area contributed by atoms with Gasteiger partial charge >= 0.3 is 5.97 Å². The fourth-order valence-electron chi connectivity index (χ4n) is 6.94. The van der Waals surface area contributed by atoms with Gasteiger partial charge < -0.3 is 14.9 Å². The van der Waals surface area contributed by atoms with Crippen molar-refractivity contribution in [2.45, 2.75) is 62.5 Å². The van der Waals surface area contributed by atoms with Gasteiger partial charge in [-0.05, 0) is 49.0 Å². The molecular formula is C24H26Cl2F2O6. The van der Waals surface area contributed by atoms with E-state index < -0.39 is 75.7 Å². The Morgan fingerprint density at radius 2 is 2.00 bits per heavy atom. The van der Waals surface area contributed by atoms with Crippen molar-refractivity contribution < 1.29 is 38.1 Å². The maximum absolute atomic E-state index is 17.2. The molecule has 3 unspecified atom stereocenters. The molecule has 0 heterocycles. The number of hydrogen-bond acceptors (Lipinski definition) is 6. The molecule has 0 saturated heterocycles. The third kappa shape index (κ3) is 2.95. The van der Waals surface area contributed by atoms with E-state index in [1.165, 1.54) is 19.9 Å². The summed E-state index contributed by atoms with van der Waals surface area (Å²) < 4.78 is 37.7. The lowest BCUT2D eigenvalue weighted by Gasteiger charge is -2.64. The number of Topliss-reactive ketones (excluding diaryl/α,β-unsaturated/α-hetero) is 1. The number of fused-ring (bicyclic) bond motifs is 5. The molecule has 0 aromatic heterocycles. The minimum Gasteiger partial charge on any atom is -0.458 e. The number of hydrogen-bond donors (Lipinski definition) is 2. The topological polar surface area (TPSA) is 101 Å². The molecular weight excluding hydrogens is 493 g/mol. The highest BCUT2D eigenvalue weighted by Gasteiger charge is 2.78. The number of aliphatic hydroxyl groups is 2. The molecule has 34 heavy (non-hydrogen) atoms. The van der Waals surface area contributed by atoms with Crippen LogP contribution < -0.4 is 0 Å². The monoisotopic (exact) mass is 518 g/mol. The first-order valence-electron chi connectivity index (χ1n) is 11.0. The zero-order chi connectivity index (χ0) is 25.4. The van der Waals surface area contributed by atoms with Crippen LogP contribution in [0.1, 0.15) is 33.6 Å². The van der Waals surface area contributed by atoms with E-state index in [4.69, 9.17) is 27.9 Å². The Labute approximate surface area is 205 Å². The van der Waals surface area contributed by atoms with Crippen LogP contribution >= 0.6 is 23.2 Å². The van der Waals surface area contributed by atoms with E-state index in [1.54, 1.807) is 0 Å². The molecule has 0 amide bonds. The lowest BCUT2D eigenvalue weighted by molar-refractivity contribution is -0.219. The number of carbonyl (C=O) groups excluding carboxylic acids is 3. The van der Waals surface area contributed by atoms with Crippen LogP contribution in [0.5, 0.6) is 0 Å². The van der Waals surface area contributed by atoms with Gasteiger partial charge in [0.15, 0.2) is 23.7 Å². The lowest BCUT2D eigenvalue weighted by atomic mass is 9.44. The van der Waals surface area contributed by atoms with Crippen LogP contribution in [0.2, 0.25) is 0 Å². The summed E-state index contributed by atoms with van der Waals surface area (Å²) in [5.74, 6) is -4.37. The van der Waals surface area contributed by atoms with Gasteiger partial charge in [-0.15, -0.1) is 11.6 Å². The van der Waals surface area contributed by atoms with E-state index in [1.807, 2.05) is 0 Å². The number of ketones is 2. The second kappa shape index (κ2) is 7.95. The van der Waals surface area contributed by atoms with Crippen LogP contribution in [0, 0.1) is 22.7 Å². The Bertz CT molecular complexity index is 1060. The van der Waals surface area contributed by atoms with E-state index in [0.717, 1.165) is 24.6 Å². The fourth-order valence-corrected chi connectivity index (χ4v) is 7.68. The average molecular weight is 519 g/mol. The van der Waals surface area contributed by atoms with E-state index in [9.17, 15) is 24.6 Å². The number of alkyl halides is 3. The van der Waals surface area contributed by atoms with Gasteiger partial charge in [0.1, 0.15) is 6.17 Å². The molecule has 0 aromatic carbocycles. The average Bonchev–Trinajstić information content (AvgIpc) is 3.00. The second-order valence-electron chi connectivity index (χ2n) is 10.2. The minimum absolute atomic E-state index is 0.0513. The number of allylic oxidation sites excluding steroid dienone is 4. The molecule has 0 radical (unpaired) electrons. The van der Waals surface area contributed by atoms with Crippen molar-refractivity contribution in [1.82, 2.24) is 0 Å². The third-order valence-corrected chi connectivity index (χ3v) is 9.46. The van der Waals surface area contributed by atoms with E-state index in [-0.39, 0.29) is 24.0 Å². The Hall–Kier alpha value is -1.61. The summed E-state index contributed by atoms with van der Waals surface area (Å²) in [6, 6.07) is 0. The third-order valence-electron chi connectivity index (χ3n) is 8.71. The standard InChI is InChI=1S/C24H26Cl2F2O6/c1-11(29)34-10-17(32)24(33)12(9-25)6-14-18-19(26)20(27)15-7-13(30)4-5-21(15,2)23(18,28)16(31)8-22(14,24)3/h4-5,7,9,14,16,18-20,31,33H,6,8,10H2,1-3H3/t14-,16?,18+,19?,20?,21-,22-,23+,24-/m0/s1. The van der Waals surface area contributed by atoms with Gasteiger partial charge in [-0.2, -0.15) is 0 Å². The second-order valence-corrected chi connectivity index (χ2v) is 10.9. The molecule has 0 spiro atoms. The molecule has 3 saturated carbocycles. The van der Waals surface area contributed by atoms with Crippen molar-refractivity contribution in [3.05, 3.63) is 34.9 Å². The molecule has 0 bridgehead atoms. The SMILES string of the molecule is CC(=O)OCC(=O)[C@@]1(O)C(=CCl)C[C@H]2[C@@H]3C(Cl)C(F)C4=CC(=O)C=C[C@]4(C)[C@@]3(F)C(O)C[C@@]21C. The Morgan fingerprint density at radius 1 is 1.35 bits per heavy atom. The first kappa shape index (κ1) is 25.5. The molecule has 2 N–H and O–H groups in total. The van der Waals surface area contributed by atoms with Crippen LogP contribution in [-0.4, -0.2) is 63.3 Å².